The molecule has 0 saturated heterocycles. The van der Waals surface area contributed by atoms with Gasteiger partial charge in [0.25, 0.3) is 0 Å². The SMILES string of the molecule is CCC(CO)(Nc1ccc(Cl)cc1)c1ccccc1F. The van der Waals surface area contributed by atoms with Gasteiger partial charge < -0.3 is 10.4 Å². The molecule has 0 heterocycles. The standard InChI is InChI=1S/C16H17ClFNO/c1-2-16(11-20,14-5-3-4-6-15(14)18)19-13-9-7-12(17)8-10-13/h3-10,19-20H,2,11H2,1H3. The predicted molar refractivity (Wildman–Crippen MR) is 80.5 cm³/mol. The first-order chi connectivity index (χ1) is 9.61. The average Bonchev–Trinajstić information content (AvgIpc) is 2.48. The van der Waals surface area contributed by atoms with Crippen molar-refractivity contribution in [1.82, 2.24) is 0 Å². The van der Waals surface area contributed by atoms with E-state index in [1.54, 1.807) is 30.3 Å². The van der Waals surface area contributed by atoms with Gasteiger partial charge in [0.05, 0.1) is 12.1 Å². The molecule has 0 aliphatic heterocycles. The van der Waals surface area contributed by atoms with Crippen LogP contribution in [0.1, 0.15) is 18.9 Å². The Bertz CT molecular complexity index is 567. The van der Waals surface area contributed by atoms with Gasteiger partial charge in [-0.25, -0.2) is 4.39 Å². The Morgan fingerprint density at radius 2 is 1.80 bits per heavy atom. The summed E-state index contributed by atoms with van der Waals surface area (Å²) in [5.41, 5.74) is 0.396. The van der Waals surface area contributed by atoms with Crippen LogP contribution in [0.15, 0.2) is 48.5 Å². The van der Waals surface area contributed by atoms with Crippen molar-refractivity contribution >= 4 is 17.3 Å². The van der Waals surface area contributed by atoms with Crippen LogP contribution in [-0.4, -0.2) is 11.7 Å². The van der Waals surface area contributed by atoms with Crippen LogP contribution in [-0.2, 0) is 5.54 Å². The summed E-state index contributed by atoms with van der Waals surface area (Å²) >= 11 is 5.86. The first-order valence-corrected chi connectivity index (χ1v) is 6.89. The van der Waals surface area contributed by atoms with Crippen molar-refractivity contribution in [3.63, 3.8) is 0 Å². The number of rotatable bonds is 5. The van der Waals surface area contributed by atoms with Crippen LogP contribution >= 0.6 is 11.6 Å². The molecule has 106 valence electrons. The maximum Gasteiger partial charge on any atom is 0.128 e. The van der Waals surface area contributed by atoms with Gasteiger partial charge in [-0.05, 0) is 36.8 Å². The lowest BCUT2D eigenvalue weighted by molar-refractivity contribution is 0.204. The Balaban J connectivity index is 2.39. The van der Waals surface area contributed by atoms with Crippen molar-refractivity contribution in [2.24, 2.45) is 0 Å². The quantitative estimate of drug-likeness (QED) is 0.866. The van der Waals surface area contributed by atoms with Gasteiger partial charge in [-0.1, -0.05) is 36.7 Å². The molecule has 0 spiro atoms. The van der Waals surface area contributed by atoms with E-state index in [-0.39, 0.29) is 12.4 Å². The fraction of sp³-hybridized carbons (Fsp3) is 0.250. The predicted octanol–water partition coefficient (Wildman–Crippen LogP) is 4.19. The smallest absolute Gasteiger partial charge is 0.128 e. The molecule has 0 fully saturated rings. The Hall–Kier alpha value is -1.58. The fourth-order valence-electron chi connectivity index (χ4n) is 2.24. The van der Waals surface area contributed by atoms with Crippen molar-refractivity contribution in [1.29, 1.82) is 0 Å². The highest BCUT2D eigenvalue weighted by Gasteiger charge is 2.32. The van der Waals surface area contributed by atoms with E-state index in [9.17, 15) is 9.50 Å². The molecule has 2 nitrogen and oxygen atoms in total. The minimum absolute atomic E-state index is 0.201. The summed E-state index contributed by atoms with van der Waals surface area (Å²) in [6, 6.07) is 13.6. The molecule has 0 aliphatic rings. The van der Waals surface area contributed by atoms with Crippen molar-refractivity contribution in [2.45, 2.75) is 18.9 Å². The molecule has 4 heteroatoms. The minimum atomic E-state index is -0.848. The van der Waals surface area contributed by atoms with E-state index >= 15 is 0 Å². The van der Waals surface area contributed by atoms with Crippen LogP contribution in [0.4, 0.5) is 10.1 Å². The van der Waals surface area contributed by atoms with E-state index in [1.807, 2.05) is 19.1 Å². The van der Waals surface area contributed by atoms with E-state index in [4.69, 9.17) is 11.6 Å². The Morgan fingerprint density at radius 3 is 2.35 bits per heavy atom. The third-order valence-corrected chi connectivity index (χ3v) is 3.74. The summed E-state index contributed by atoms with van der Waals surface area (Å²) in [4.78, 5) is 0. The molecule has 20 heavy (non-hydrogen) atoms. The highest BCUT2D eigenvalue weighted by Crippen LogP contribution is 2.31. The van der Waals surface area contributed by atoms with E-state index in [1.165, 1.54) is 6.07 Å². The third kappa shape index (κ3) is 2.94. The molecule has 1 unspecified atom stereocenters. The van der Waals surface area contributed by atoms with Crippen LogP contribution < -0.4 is 5.32 Å². The summed E-state index contributed by atoms with van der Waals surface area (Å²) in [6.45, 7) is 1.71. The van der Waals surface area contributed by atoms with Crippen molar-refractivity contribution < 1.29 is 9.50 Å². The number of aliphatic hydroxyl groups excluding tert-OH is 1. The van der Waals surface area contributed by atoms with Crippen LogP contribution in [0.3, 0.4) is 0 Å². The lowest BCUT2D eigenvalue weighted by Gasteiger charge is -2.34. The fourth-order valence-corrected chi connectivity index (χ4v) is 2.37. The average molecular weight is 294 g/mol. The van der Waals surface area contributed by atoms with Crippen LogP contribution in [0, 0.1) is 5.82 Å². The number of hydrogen-bond donors (Lipinski definition) is 2. The van der Waals surface area contributed by atoms with Crippen LogP contribution in [0.25, 0.3) is 0 Å². The molecule has 2 rings (SSSR count). The maximum atomic E-state index is 14.1. The molecule has 0 aromatic heterocycles. The molecule has 0 bridgehead atoms. The maximum absolute atomic E-state index is 14.1. The Kier molecular flexibility index (Phi) is 4.63. The lowest BCUT2D eigenvalue weighted by Crippen LogP contribution is -2.39. The number of aliphatic hydroxyl groups is 1. The van der Waals surface area contributed by atoms with Crippen molar-refractivity contribution in [2.75, 3.05) is 11.9 Å². The second kappa shape index (κ2) is 6.25. The lowest BCUT2D eigenvalue weighted by atomic mass is 9.87. The third-order valence-electron chi connectivity index (χ3n) is 3.49. The summed E-state index contributed by atoms with van der Waals surface area (Å²) in [7, 11) is 0. The second-order valence-electron chi connectivity index (χ2n) is 4.71. The largest absolute Gasteiger partial charge is 0.394 e. The molecule has 0 amide bonds. The molecular weight excluding hydrogens is 277 g/mol. The number of nitrogens with one attached hydrogen (secondary N) is 1. The summed E-state index contributed by atoms with van der Waals surface area (Å²) < 4.78 is 14.1. The Morgan fingerprint density at radius 1 is 1.15 bits per heavy atom. The van der Waals surface area contributed by atoms with Crippen LogP contribution in [0.5, 0.6) is 0 Å². The number of benzene rings is 2. The molecule has 1 atom stereocenters. The number of halogens is 2. The van der Waals surface area contributed by atoms with Gasteiger partial charge in [-0.15, -0.1) is 0 Å². The Labute approximate surface area is 123 Å². The van der Waals surface area contributed by atoms with E-state index < -0.39 is 5.54 Å². The van der Waals surface area contributed by atoms with Crippen LogP contribution in [0.2, 0.25) is 5.02 Å². The summed E-state index contributed by atoms with van der Waals surface area (Å²) in [6.07, 6.45) is 0.549. The van der Waals surface area contributed by atoms with Gasteiger partial charge in [-0.2, -0.15) is 0 Å². The zero-order valence-corrected chi connectivity index (χ0v) is 12.0. The molecule has 2 aromatic carbocycles. The summed E-state index contributed by atoms with van der Waals surface area (Å²) in [5, 5.41) is 13.7. The molecule has 0 radical (unpaired) electrons. The second-order valence-corrected chi connectivity index (χ2v) is 5.14. The van der Waals surface area contributed by atoms with Crippen molar-refractivity contribution in [3.05, 3.63) is 64.9 Å². The molecule has 0 saturated carbocycles. The van der Waals surface area contributed by atoms with E-state index in [0.717, 1.165) is 5.69 Å². The van der Waals surface area contributed by atoms with Gasteiger partial charge in [0, 0.05) is 16.3 Å². The normalized spacial score (nSPS) is 13.8. The molecule has 2 aromatic rings. The van der Waals surface area contributed by atoms with Gasteiger partial charge >= 0.3 is 0 Å². The van der Waals surface area contributed by atoms with Crippen molar-refractivity contribution in [3.8, 4) is 0 Å². The topological polar surface area (TPSA) is 32.3 Å². The van der Waals surface area contributed by atoms with E-state index in [2.05, 4.69) is 5.32 Å². The van der Waals surface area contributed by atoms with Gasteiger partial charge in [-0.3, -0.25) is 0 Å². The first kappa shape index (κ1) is 14.8. The molecular formula is C16H17ClFNO. The van der Waals surface area contributed by atoms with Gasteiger partial charge in [0.1, 0.15) is 5.82 Å². The molecule has 2 N–H and O–H groups in total. The number of anilines is 1. The zero-order chi connectivity index (χ0) is 14.6. The van der Waals surface area contributed by atoms with Gasteiger partial charge in [0.2, 0.25) is 0 Å². The first-order valence-electron chi connectivity index (χ1n) is 6.51. The molecule has 0 aliphatic carbocycles. The van der Waals surface area contributed by atoms with Gasteiger partial charge in [0.15, 0.2) is 0 Å². The van der Waals surface area contributed by atoms with E-state index in [0.29, 0.717) is 17.0 Å². The highest BCUT2D eigenvalue weighted by atomic mass is 35.5. The minimum Gasteiger partial charge on any atom is -0.394 e. The zero-order valence-electron chi connectivity index (χ0n) is 11.2. The monoisotopic (exact) mass is 293 g/mol. The summed E-state index contributed by atoms with van der Waals surface area (Å²) in [5.74, 6) is -0.329. The highest BCUT2D eigenvalue weighted by molar-refractivity contribution is 6.30. The number of hydrogen-bond acceptors (Lipinski definition) is 2.